The number of alkyl halides is 3. The molecule has 1 aromatic rings. The highest BCUT2D eigenvalue weighted by Gasteiger charge is 2.42. The molecular weight excluding hydrogens is 267 g/mol. The molecule has 110 valence electrons. The van der Waals surface area contributed by atoms with Gasteiger partial charge in [0.2, 0.25) is 0 Å². The molecule has 2 nitrogen and oxygen atoms in total. The van der Waals surface area contributed by atoms with E-state index >= 15 is 0 Å². The second-order valence-corrected chi connectivity index (χ2v) is 4.22. The Kier molecular flexibility index (Phi) is 5.67. The summed E-state index contributed by atoms with van der Waals surface area (Å²) in [4.78, 5) is 1.26. The van der Waals surface area contributed by atoms with Crippen LogP contribution >= 0.6 is 0 Å². The lowest BCUT2D eigenvalue weighted by Gasteiger charge is -2.33. The number of rotatable bonds is 7. The van der Waals surface area contributed by atoms with Gasteiger partial charge in [0.25, 0.3) is 0 Å². The molecule has 5 heteroatoms. The monoisotopic (exact) mass is 285 g/mol. The summed E-state index contributed by atoms with van der Waals surface area (Å²) in [5, 5.41) is 0. The normalized spacial score (nSPS) is 12.6. The van der Waals surface area contributed by atoms with Gasteiger partial charge in [0, 0.05) is 12.2 Å². The number of anilines is 1. The van der Waals surface area contributed by atoms with Crippen molar-refractivity contribution in [3.05, 3.63) is 49.6 Å². The zero-order chi connectivity index (χ0) is 15.2. The van der Waals surface area contributed by atoms with Gasteiger partial charge in [-0.15, -0.1) is 13.2 Å². The minimum Gasteiger partial charge on any atom is -0.497 e. The molecule has 0 heterocycles. The number of hydrogen-bond donors (Lipinski definition) is 0. The highest BCUT2D eigenvalue weighted by molar-refractivity contribution is 5.51. The molecule has 1 aromatic carbocycles. The van der Waals surface area contributed by atoms with Crippen LogP contribution in [0.25, 0.3) is 0 Å². The minimum atomic E-state index is -4.34. The van der Waals surface area contributed by atoms with Gasteiger partial charge >= 0.3 is 6.18 Å². The molecule has 0 aliphatic rings. The van der Waals surface area contributed by atoms with Gasteiger partial charge in [-0.2, -0.15) is 13.2 Å². The number of nitrogens with zero attached hydrogens (tertiary/aromatic N) is 1. The molecule has 0 aliphatic heterocycles. The zero-order valence-electron chi connectivity index (χ0n) is 11.4. The molecule has 0 amide bonds. The first-order valence-electron chi connectivity index (χ1n) is 6.13. The van der Waals surface area contributed by atoms with E-state index in [0.717, 1.165) is 0 Å². The maximum Gasteiger partial charge on any atom is 0.409 e. The molecule has 0 N–H and O–H groups in total. The van der Waals surface area contributed by atoms with Gasteiger partial charge in [0.15, 0.2) is 0 Å². The smallest absolute Gasteiger partial charge is 0.409 e. The highest BCUT2D eigenvalue weighted by atomic mass is 19.4. The number of hydrogen-bond acceptors (Lipinski definition) is 2. The highest BCUT2D eigenvalue weighted by Crippen LogP contribution is 2.32. The van der Waals surface area contributed by atoms with Crippen LogP contribution in [0.15, 0.2) is 49.6 Å². The maximum absolute atomic E-state index is 13.2. The SMILES string of the molecule is C=CCC(N(CC=C)c1ccc(OC)cc1)C(F)(F)F. The van der Waals surface area contributed by atoms with Gasteiger partial charge in [-0.25, -0.2) is 0 Å². The minimum absolute atomic E-state index is 0.102. The van der Waals surface area contributed by atoms with E-state index in [1.54, 1.807) is 24.3 Å². The second-order valence-electron chi connectivity index (χ2n) is 4.22. The molecule has 20 heavy (non-hydrogen) atoms. The summed E-state index contributed by atoms with van der Waals surface area (Å²) >= 11 is 0. The predicted octanol–water partition coefficient (Wildman–Crippen LogP) is 4.19. The standard InChI is InChI=1S/C15H18F3NO/c1-4-6-14(15(16,17)18)19(11-5-2)12-7-9-13(20-3)10-8-12/h4-5,7-10,14H,1-2,6,11H2,3H3. The van der Waals surface area contributed by atoms with Crippen LogP contribution in [0, 0.1) is 0 Å². The van der Waals surface area contributed by atoms with E-state index in [0.29, 0.717) is 11.4 Å². The number of methoxy groups -OCH3 is 1. The lowest BCUT2D eigenvalue weighted by Crippen LogP contribution is -2.45. The third kappa shape index (κ3) is 4.05. The van der Waals surface area contributed by atoms with E-state index in [1.807, 2.05) is 0 Å². The van der Waals surface area contributed by atoms with Crippen molar-refractivity contribution in [1.82, 2.24) is 0 Å². The first-order chi connectivity index (χ1) is 9.43. The molecule has 1 rings (SSSR count). The Hall–Kier alpha value is -1.91. The summed E-state index contributed by atoms with van der Waals surface area (Å²) in [7, 11) is 1.51. The molecule has 0 bridgehead atoms. The first-order valence-corrected chi connectivity index (χ1v) is 6.13. The van der Waals surface area contributed by atoms with Crippen LogP contribution in [0.5, 0.6) is 5.75 Å². The van der Waals surface area contributed by atoms with Crippen LogP contribution in [0.4, 0.5) is 18.9 Å². The van der Waals surface area contributed by atoms with Crippen molar-refractivity contribution in [2.75, 3.05) is 18.6 Å². The van der Waals surface area contributed by atoms with Crippen molar-refractivity contribution in [2.24, 2.45) is 0 Å². The lowest BCUT2D eigenvalue weighted by molar-refractivity contribution is -0.147. The van der Waals surface area contributed by atoms with Crippen molar-refractivity contribution in [1.29, 1.82) is 0 Å². The van der Waals surface area contributed by atoms with Gasteiger partial charge in [-0.3, -0.25) is 0 Å². The van der Waals surface area contributed by atoms with Crippen LogP contribution < -0.4 is 9.64 Å². The Labute approximate surface area is 117 Å². The summed E-state index contributed by atoms with van der Waals surface area (Å²) in [5.74, 6) is 0.597. The zero-order valence-corrected chi connectivity index (χ0v) is 11.4. The average molecular weight is 285 g/mol. The third-order valence-electron chi connectivity index (χ3n) is 2.87. The van der Waals surface area contributed by atoms with Crippen LogP contribution in [0.3, 0.4) is 0 Å². The Morgan fingerprint density at radius 3 is 2.20 bits per heavy atom. The van der Waals surface area contributed by atoms with Crippen molar-refractivity contribution in [3.8, 4) is 5.75 Å². The first kappa shape index (κ1) is 16.1. The van der Waals surface area contributed by atoms with Crippen molar-refractivity contribution >= 4 is 5.69 Å². The van der Waals surface area contributed by atoms with E-state index in [9.17, 15) is 13.2 Å². The fourth-order valence-electron chi connectivity index (χ4n) is 1.92. The summed E-state index contributed by atoms with van der Waals surface area (Å²) in [6.07, 6.45) is -1.79. The second kappa shape index (κ2) is 7.03. The number of ether oxygens (including phenoxy) is 1. The van der Waals surface area contributed by atoms with Crippen LogP contribution in [0.1, 0.15) is 6.42 Å². The fraction of sp³-hybridized carbons (Fsp3) is 0.333. The average Bonchev–Trinajstić information content (AvgIpc) is 2.42. The van der Waals surface area contributed by atoms with Gasteiger partial charge in [0.1, 0.15) is 11.8 Å². The largest absolute Gasteiger partial charge is 0.497 e. The molecule has 1 atom stereocenters. The van der Waals surface area contributed by atoms with Gasteiger partial charge in [-0.05, 0) is 30.7 Å². The number of benzene rings is 1. The third-order valence-corrected chi connectivity index (χ3v) is 2.87. The Bertz CT molecular complexity index is 439. The van der Waals surface area contributed by atoms with E-state index in [4.69, 9.17) is 4.74 Å². The van der Waals surface area contributed by atoms with Crippen LogP contribution in [-0.2, 0) is 0 Å². The summed E-state index contributed by atoms with van der Waals surface area (Å²) in [6.45, 7) is 7.03. The number of halogens is 3. The lowest BCUT2D eigenvalue weighted by atomic mass is 10.1. The van der Waals surface area contributed by atoms with E-state index in [2.05, 4.69) is 13.2 Å². The summed E-state index contributed by atoms with van der Waals surface area (Å²) in [6, 6.07) is 4.85. The molecule has 1 unspecified atom stereocenters. The van der Waals surface area contributed by atoms with E-state index in [1.165, 1.54) is 24.2 Å². The van der Waals surface area contributed by atoms with Crippen LogP contribution in [-0.4, -0.2) is 25.9 Å². The fourth-order valence-corrected chi connectivity index (χ4v) is 1.92. The quantitative estimate of drug-likeness (QED) is 0.696. The Morgan fingerprint density at radius 2 is 1.80 bits per heavy atom. The van der Waals surface area contributed by atoms with Crippen molar-refractivity contribution in [2.45, 2.75) is 18.6 Å². The molecule has 0 saturated heterocycles. The van der Waals surface area contributed by atoms with Gasteiger partial charge < -0.3 is 9.64 Å². The maximum atomic E-state index is 13.2. The predicted molar refractivity (Wildman–Crippen MR) is 75.2 cm³/mol. The molecule has 0 aliphatic carbocycles. The van der Waals surface area contributed by atoms with Crippen molar-refractivity contribution < 1.29 is 17.9 Å². The molecule has 0 fully saturated rings. The molecular formula is C15H18F3NO. The molecule has 0 spiro atoms. The van der Waals surface area contributed by atoms with E-state index in [-0.39, 0.29) is 13.0 Å². The van der Waals surface area contributed by atoms with E-state index < -0.39 is 12.2 Å². The summed E-state index contributed by atoms with van der Waals surface area (Å²) < 4.78 is 44.5. The topological polar surface area (TPSA) is 12.5 Å². The Balaban J connectivity index is 3.11. The van der Waals surface area contributed by atoms with Crippen molar-refractivity contribution in [3.63, 3.8) is 0 Å². The van der Waals surface area contributed by atoms with Gasteiger partial charge in [0.05, 0.1) is 7.11 Å². The van der Waals surface area contributed by atoms with Crippen LogP contribution in [0.2, 0.25) is 0 Å². The van der Waals surface area contributed by atoms with Gasteiger partial charge in [-0.1, -0.05) is 12.2 Å². The summed E-state index contributed by atoms with van der Waals surface area (Å²) in [5.41, 5.74) is 0.467. The molecule has 0 saturated carbocycles. The Morgan fingerprint density at radius 1 is 1.20 bits per heavy atom. The molecule has 0 aromatic heterocycles. The molecule has 0 radical (unpaired) electrons.